The Kier molecular flexibility index (Phi) is 4.41. The Bertz CT molecular complexity index is 540. The number of thiophene rings is 1. The third-order valence-electron chi connectivity index (χ3n) is 2.41. The standard InChI is InChI=1S/C13H12FNOS2/c14-10-3-4-12(13(15)17)9(6-10)7-16-8-11-2-1-5-18-11/h1-6H,7-8H2,(H2,15,17). The van der Waals surface area contributed by atoms with Gasteiger partial charge in [0.15, 0.2) is 0 Å². The summed E-state index contributed by atoms with van der Waals surface area (Å²) in [5.74, 6) is -0.315. The smallest absolute Gasteiger partial charge is 0.123 e. The molecule has 2 nitrogen and oxygen atoms in total. The van der Waals surface area contributed by atoms with Gasteiger partial charge in [-0.3, -0.25) is 0 Å². The lowest BCUT2D eigenvalue weighted by Gasteiger charge is -2.08. The summed E-state index contributed by atoms with van der Waals surface area (Å²) in [6.45, 7) is 0.799. The molecule has 0 aliphatic rings. The van der Waals surface area contributed by atoms with Gasteiger partial charge in [0.05, 0.1) is 13.2 Å². The van der Waals surface area contributed by atoms with E-state index in [9.17, 15) is 4.39 Å². The number of nitrogens with two attached hydrogens (primary N) is 1. The van der Waals surface area contributed by atoms with Crippen molar-refractivity contribution in [2.75, 3.05) is 0 Å². The maximum Gasteiger partial charge on any atom is 0.123 e. The second-order valence-corrected chi connectivity index (χ2v) is 5.21. The summed E-state index contributed by atoms with van der Waals surface area (Å²) in [5, 5.41) is 1.99. The first-order valence-corrected chi connectivity index (χ1v) is 6.64. The summed E-state index contributed by atoms with van der Waals surface area (Å²) in [7, 11) is 0. The average Bonchev–Trinajstić information content (AvgIpc) is 2.82. The monoisotopic (exact) mass is 281 g/mol. The fourth-order valence-electron chi connectivity index (χ4n) is 1.58. The van der Waals surface area contributed by atoms with Crippen molar-refractivity contribution in [2.24, 2.45) is 5.73 Å². The predicted molar refractivity (Wildman–Crippen MR) is 75.1 cm³/mol. The van der Waals surface area contributed by atoms with Crippen LogP contribution >= 0.6 is 23.6 Å². The van der Waals surface area contributed by atoms with Crippen LogP contribution in [-0.2, 0) is 18.0 Å². The first kappa shape index (κ1) is 13.1. The van der Waals surface area contributed by atoms with Crippen molar-refractivity contribution < 1.29 is 9.13 Å². The van der Waals surface area contributed by atoms with Crippen molar-refractivity contribution in [3.05, 3.63) is 57.5 Å². The van der Waals surface area contributed by atoms with Crippen molar-refractivity contribution in [2.45, 2.75) is 13.2 Å². The van der Waals surface area contributed by atoms with Crippen molar-refractivity contribution in [1.82, 2.24) is 0 Å². The molecule has 0 bridgehead atoms. The van der Waals surface area contributed by atoms with Gasteiger partial charge in [-0.15, -0.1) is 11.3 Å². The number of benzene rings is 1. The van der Waals surface area contributed by atoms with Crippen LogP contribution in [0.3, 0.4) is 0 Å². The number of hydrogen-bond acceptors (Lipinski definition) is 3. The van der Waals surface area contributed by atoms with Crippen LogP contribution in [0.5, 0.6) is 0 Å². The highest BCUT2D eigenvalue weighted by molar-refractivity contribution is 7.80. The second-order valence-electron chi connectivity index (χ2n) is 3.74. The first-order valence-electron chi connectivity index (χ1n) is 5.35. The summed E-state index contributed by atoms with van der Waals surface area (Å²) in [6.07, 6.45) is 0. The fourth-order valence-corrected chi connectivity index (χ4v) is 2.42. The van der Waals surface area contributed by atoms with Gasteiger partial charge in [-0.25, -0.2) is 4.39 Å². The van der Waals surface area contributed by atoms with Crippen LogP contribution in [-0.4, -0.2) is 4.99 Å². The SMILES string of the molecule is NC(=S)c1ccc(F)cc1COCc1cccs1. The van der Waals surface area contributed by atoms with E-state index in [1.807, 2.05) is 17.5 Å². The van der Waals surface area contributed by atoms with E-state index in [-0.39, 0.29) is 10.8 Å². The highest BCUT2D eigenvalue weighted by atomic mass is 32.1. The molecule has 2 N–H and O–H groups in total. The van der Waals surface area contributed by atoms with Crippen LogP contribution in [0.15, 0.2) is 35.7 Å². The van der Waals surface area contributed by atoms with Crippen LogP contribution in [0.1, 0.15) is 16.0 Å². The minimum Gasteiger partial charge on any atom is -0.389 e. The molecule has 1 aromatic carbocycles. The number of rotatable bonds is 5. The Morgan fingerprint density at radius 2 is 2.17 bits per heavy atom. The minimum atomic E-state index is -0.315. The molecular formula is C13H12FNOS2. The normalized spacial score (nSPS) is 10.5. The van der Waals surface area contributed by atoms with E-state index >= 15 is 0 Å². The highest BCUT2D eigenvalue weighted by Gasteiger charge is 2.07. The highest BCUT2D eigenvalue weighted by Crippen LogP contribution is 2.15. The van der Waals surface area contributed by atoms with Gasteiger partial charge in [0.25, 0.3) is 0 Å². The van der Waals surface area contributed by atoms with Crippen LogP contribution in [0, 0.1) is 5.82 Å². The molecule has 0 radical (unpaired) electrons. The molecule has 94 valence electrons. The molecular weight excluding hydrogens is 269 g/mol. The Hall–Kier alpha value is -1.30. The summed E-state index contributed by atoms with van der Waals surface area (Å²) in [5.41, 5.74) is 6.93. The quantitative estimate of drug-likeness (QED) is 0.855. The van der Waals surface area contributed by atoms with E-state index in [0.29, 0.717) is 24.3 Å². The van der Waals surface area contributed by atoms with Gasteiger partial charge < -0.3 is 10.5 Å². The number of thiocarbonyl (C=S) groups is 1. The van der Waals surface area contributed by atoms with E-state index in [4.69, 9.17) is 22.7 Å². The zero-order valence-electron chi connectivity index (χ0n) is 9.56. The lowest BCUT2D eigenvalue weighted by Crippen LogP contribution is -2.13. The van der Waals surface area contributed by atoms with Crippen LogP contribution in [0.25, 0.3) is 0 Å². The molecule has 0 unspecified atom stereocenters. The molecule has 0 fully saturated rings. The summed E-state index contributed by atoms with van der Waals surface area (Å²) in [4.78, 5) is 1.38. The Morgan fingerprint density at radius 3 is 2.83 bits per heavy atom. The fraction of sp³-hybridized carbons (Fsp3) is 0.154. The summed E-state index contributed by atoms with van der Waals surface area (Å²) < 4.78 is 18.7. The summed E-state index contributed by atoms with van der Waals surface area (Å²) >= 11 is 6.55. The largest absolute Gasteiger partial charge is 0.389 e. The lowest BCUT2D eigenvalue weighted by atomic mass is 10.1. The Labute approximate surface area is 114 Å². The molecule has 5 heteroatoms. The molecule has 0 atom stereocenters. The topological polar surface area (TPSA) is 35.2 Å². The number of hydrogen-bond donors (Lipinski definition) is 1. The number of ether oxygens (including phenoxy) is 1. The van der Waals surface area contributed by atoms with Crippen molar-refractivity contribution in [1.29, 1.82) is 0 Å². The van der Waals surface area contributed by atoms with Gasteiger partial charge in [-0.1, -0.05) is 18.3 Å². The molecule has 0 saturated carbocycles. The lowest BCUT2D eigenvalue weighted by molar-refractivity contribution is 0.109. The average molecular weight is 281 g/mol. The third kappa shape index (κ3) is 3.35. The molecule has 2 rings (SSSR count). The third-order valence-corrected chi connectivity index (χ3v) is 3.48. The van der Waals surface area contributed by atoms with Gasteiger partial charge >= 0.3 is 0 Å². The number of halogens is 1. The van der Waals surface area contributed by atoms with Crippen molar-refractivity contribution >= 4 is 28.5 Å². The Balaban J connectivity index is 2.03. The van der Waals surface area contributed by atoms with Crippen molar-refractivity contribution in [3.63, 3.8) is 0 Å². The maximum atomic E-state index is 13.2. The Morgan fingerprint density at radius 1 is 1.33 bits per heavy atom. The molecule has 0 aliphatic carbocycles. The predicted octanol–water partition coefficient (Wildman–Crippen LogP) is 3.24. The van der Waals surface area contributed by atoms with Crippen LogP contribution in [0.4, 0.5) is 4.39 Å². The van der Waals surface area contributed by atoms with E-state index in [2.05, 4.69) is 0 Å². The first-order chi connectivity index (χ1) is 8.66. The molecule has 1 heterocycles. The van der Waals surface area contributed by atoms with Gasteiger partial charge in [0.2, 0.25) is 0 Å². The molecule has 1 aromatic heterocycles. The van der Waals surface area contributed by atoms with Gasteiger partial charge in [0, 0.05) is 10.4 Å². The van der Waals surface area contributed by atoms with Gasteiger partial charge in [0.1, 0.15) is 10.8 Å². The van der Waals surface area contributed by atoms with Gasteiger partial charge in [-0.2, -0.15) is 0 Å². The molecule has 18 heavy (non-hydrogen) atoms. The van der Waals surface area contributed by atoms with E-state index < -0.39 is 0 Å². The van der Waals surface area contributed by atoms with E-state index in [1.165, 1.54) is 12.1 Å². The van der Waals surface area contributed by atoms with E-state index in [1.54, 1.807) is 17.4 Å². The molecule has 2 aromatic rings. The molecule has 0 amide bonds. The maximum absolute atomic E-state index is 13.2. The van der Waals surface area contributed by atoms with Gasteiger partial charge in [-0.05, 0) is 35.2 Å². The minimum absolute atomic E-state index is 0.254. The molecule has 0 aliphatic heterocycles. The zero-order valence-corrected chi connectivity index (χ0v) is 11.2. The zero-order chi connectivity index (χ0) is 13.0. The van der Waals surface area contributed by atoms with Crippen molar-refractivity contribution in [3.8, 4) is 0 Å². The molecule has 0 spiro atoms. The van der Waals surface area contributed by atoms with E-state index in [0.717, 1.165) is 4.88 Å². The van der Waals surface area contributed by atoms with Crippen LogP contribution in [0.2, 0.25) is 0 Å². The second kappa shape index (κ2) is 6.04. The summed E-state index contributed by atoms with van der Waals surface area (Å²) in [6, 6.07) is 8.29. The molecule has 0 saturated heterocycles. The van der Waals surface area contributed by atoms with Crippen LogP contribution < -0.4 is 5.73 Å².